The van der Waals surface area contributed by atoms with Gasteiger partial charge < -0.3 is 14.4 Å². The van der Waals surface area contributed by atoms with Gasteiger partial charge in [-0.3, -0.25) is 4.79 Å². The van der Waals surface area contributed by atoms with E-state index < -0.39 is 0 Å². The van der Waals surface area contributed by atoms with Crippen molar-refractivity contribution in [1.29, 1.82) is 5.26 Å². The van der Waals surface area contributed by atoms with Crippen LogP contribution < -0.4 is 9.47 Å². The van der Waals surface area contributed by atoms with Gasteiger partial charge in [0, 0.05) is 19.2 Å². The van der Waals surface area contributed by atoms with Crippen LogP contribution in [0.25, 0.3) is 6.08 Å². The number of rotatable bonds is 5. The Morgan fingerprint density at radius 2 is 2.04 bits per heavy atom. The van der Waals surface area contributed by atoms with Gasteiger partial charge in [0.1, 0.15) is 6.07 Å². The quantitative estimate of drug-likeness (QED) is 0.779. The Labute approximate surface area is 153 Å². The molecule has 5 heteroatoms. The van der Waals surface area contributed by atoms with Crippen LogP contribution in [-0.2, 0) is 17.8 Å². The Hall–Kier alpha value is -3.26. The van der Waals surface area contributed by atoms with E-state index in [1.165, 1.54) is 11.1 Å². The largest absolute Gasteiger partial charge is 0.493 e. The molecule has 0 fully saturated rings. The van der Waals surface area contributed by atoms with Gasteiger partial charge in [-0.15, -0.1) is 0 Å². The highest BCUT2D eigenvalue weighted by Gasteiger charge is 2.18. The molecule has 2 aromatic carbocycles. The molecule has 0 atom stereocenters. The highest BCUT2D eigenvalue weighted by molar-refractivity contribution is 5.92. The van der Waals surface area contributed by atoms with Crippen molar-refractivity contribution >= 4 is 12.0 Å². The maximum atomic E-state index is 12.5. The molecule has 0 aromatic heterocycles. The molecule has 0 unspecified atom stereocenters. The molecule has 1 heterocycles. The molecule has 0 radical (unpaired) electrons. The molecule has 1 aliphatic rings. The Morgan fingerprint density at radius 3 is 2.81 bits per heavy atom. The second kappa shape index (κ2) is 8.21. The SMILES string of the molecule is COc1cc(C=CC(=O)N2CCc3ccccc3C2)ccc1OCC#N. The lowest BCUT2D eigenvalue weighted by Crippen LogP contribution is -2.34. The maximum absolute atomic E-state index is 12.5. The number of carbonyl (C=O) groups excluding carboxylic acids is 1. The van der Waals surface area contributed by atoms with Crippen molar-refractivity contribution in [2.75, 3.05) is 20.3 Å². The number of benzene rings is 2. The van der Waals surface area contributed by atoms with Crippen LogP contribution in [0.15, 0.2) is 48.5 Å². The van der Waals surface area contributed by atoms with E-state index in [2.05, 4.69) is 12.1 Å². The smallest absolute Gasteiger partial charge is 0.246 e. The van der Waals surface area contributed by atoms with Crippen molar-refractivity contribution in [3.05, 3.63) is 65.2 Å². The molecule has 2 aromatic rings. The summed E-state index contributed by atoms with van der Waals surface area (Å²) < 4.78 is 10.6. The Balaban J connectivity index is 1.68. The van der Waals surface area contributed by atoms with Gasteiger partial charge in [0.05, 0.1) is 7.11 Å². The number of hydrogen-bond donors (Lipinski definition) is 0. The highest BCUT2D eigenvalue weighted by atomic mass is 16.5. The van der Waals surface area contributed by atoms with Crippen molar-refractivity contribution < 1.29 is 14.3 Å². The summed E-state index contributed by atoms with van der Waals surface area (Å²) in [5, 5.41) is 8.61. The van der Waals surface area contributed by atoms with Gasteiger partial charge >= 0.3 is 0 Å². The minimum atomic E-state index is -0.0412. The third kappa shape index (κ3) is 4.04. The molecule has 132 valence electrons. The molecule has 0 aliphatic carbocycles. The van der Waals surface area contributed by atoms with Crippen molar-refractivity contribution in [2.45, 2.75) is 13.0 Å². The number of fused-ring (bicyclic) bond motifs is 1. The molecular formula is C21H20N2O3. The molecule has 3 rings (SSSR count). The number of nitrogens with zero attached hydrogens (tertiary/aromatic N) is 2. The Kier molecular flexibility index (Phi) is 5.55. The normalized spacial score (nSPS) is 13.2. The number of hydrogen-bond acceptors (Lipinski definition) is 4. The highest BCUT2D eigenvalue weighted by Crippen LogP contribution is 2.28. The molecule has 5 nitrogen and oxygen atoms in total. The van der Waals surface area contributed by atoms with Gasteiger partial charge in [-0.1, -0.05) is 30.3 Å². The van der Waals surface area contributed by atoms with E-state index in [4.69, 9.17) is 14.7 Å². The van der Waals surface area contributed by atoms with E-state index in [0.717, 1.165) is 18.5 Å². The summed E-state index contributed by atoms with van der Waals surface area (Å²) in [6, 6.07) is 15.5. The van der Waals surface area contributed by atoms with E-state index in [0.29, 0.717) is 18.0 Å². The Morgan fingerprint density at radius 1 is 1.23 bits per heavy atom. The standard InChI is InChI=1S/C21H20N2O3/c1-25-20-14-16(6-8-19(20)26-13-11-22)7-9-21(24)23-12-10-17-4-2-3-5-18(17)15-23/h2-9,14H,10,12-13,15H2,1H3. The van der Waals surface area contributed by atoms with Crippen molar-refractivity contribution in [2.24, 2.45) is 0 Å². The zero-order valence-electron chi connectivity index (χ0n) is 14.6. The summed E-state index contributed by atoms with van der Waals surface area (Å²) in [7, 11) is 1.54. The van der Waals surface area contributed by atoms with Crippen LogP contribution in [0.1, 0.15) is 16.7 Å². The number of methoxy groups -OCH3 is 1. The van der Waals surface area contributed by atoms with E-state index in [1.54, 1.807) is 31.4 Å². The summed E-state index contributed by atoms with van der Waals surface area (Å²) in [5.74, 6) is 1.02. The molecule has 0 N–H and O–H groups in total. The zero-order chi connectivity index (χ0) is 18.4. The molecule has 26 heavy (non-hydrogen) atoms. The van der Waals surface area contributed by atoms with E-state index in [9.17, 15) is 4.79 Å². The van der Waals surface area contributed by atoms with Gasteiger partial charge in [0.25, 0.3) is 0 Å². The first-order chi connectivity index (χ1) is 12.7. The summed E-state index contributed by atoms with van der Waals surface area (Å²) in [6.07, 6.45) is 4.23. The zero-order valence-corrected chi connectivity index (χ0v) is 14.6. The van der Waals surface area contributed by atoms with E-state index in [-0.39, 0.29) is 12.5 Å². The lowest BCUT2D eigenvalue weighted by molar-refractivity contribution is -0.126. The van der Waals surface area contributed by atoms with Crippen LogP contribution in [0.3, 0.4) is 0 Å². The van der Waals surface area contributed by atoms with Crippen molar-refractivity contribution in [1.82, 2.24) is 4.90 Å². The minimum absolute atomic E-state index is 0.0109. The molecule has 1 amide bonds. The first kappa shape index (κ1) is 17.6. The van der Waals surface area contributed by atoms with Gasteiger partial charge in [0.15, 0.2) is 18.1 Å². The third-order valence-corrected chi connectivity index (χ3v) is 4.34. The first-order valence-corrected chi connectivity index (χ1v) is 8.43. The average Bonchev–Trinajstić information content (AvgIpc) is 2.70. The number of amides is 1. The van der Waals surface area contributed by atoms with E-state index >= 15 is 0 Å². The summed E-state index contributed by atoms with van der Waals surface area (Å²) in [4.78, 5) is 14.3. The summed E-state index contributed by atoms with van der Waals surface area (Å²) >= 11 is 0. The van der Waals surface area contributed by atoms with Crippen LogP contribution in [0.4, 0.5) is 0 Å². The summed E-state index contributed by atoms with van der Waals surface area (Å²) in [5.41, 5.74) is 3.36. The predicted octanol–water partition coefficient (Wildman–Crippen LogP) is 3.20. The van der Waals surface area contributed by atoms with Crippen LogP contribution >= 0.6 is 0 Å². The Bertz CT molecular complexity index is 868. The van der Waals surface area contributed by atoms with Gasteiger partial charge in [-0.05, 0) is 41.3 Å². The first-order valence-electron chi connectivity index (χ1n) is 8.43. The van der Waals surface area contributed by atoms with Gasteiger partial charge in [-0.25, -0.2) is 0 Å². The van der Waals surface area contributed by atoms with Gasteiger partial charge in [0.2, 0.25) is 5.91 Å². The fourth-order valence-electron chi connectivity index (χ4n) is 2.97. The minimum Gasteiger partial charge on any atom is -0.493 e. The van der Waals surface area contributed by atoms with Gasteiger partial charge in [-0.2, -0.15) is 5.26 Å². The maximum Gasteiger partial charge on any atom is 0.246 e. The average molecular weight is 348 g/mol. The second-order valence-electron chi connectivity index (χ2n) is 5.97. The van der Waals surface area contributed by atoms with Crippen molar-refractivity contribution in [3.63, 3.8) is 0 Å². The lowest BCUT2D eigenvalue weighted by atomic mass is 10.00. The molecular weight excluding hydrogens is 328 g/mol. The number of ether oxygens (including phenoxy) is 2. The van der Waals surface area contributed by atoms with Crippen molar-refractivity contribution in [3.8, 4) is 17.6 Å². The molecule has 0 saturated carbocycles. The molecule has 0 bridgehead atoms. The van der Waals surface area contributed by atoms with E-state index in [1.807, 2.05) is 29.2 Å². The van der Waals surface area contributed by atoms with Crippen LogP contribution in [0, 0.1) is 11.3 Å². The second-order valence-corrected chi connectivity index (χ2v) is 5.97. The third-order valence-electron chi connectivity index (χ3n) is 4.34. The monoisotopic (exact) mass is 348 g/mol. The number of carbonyl (C=O) groups is 1. The lowest BCUT2D eigenvalue weighted by Gasteiger charge is -2.27. The van der Waals surface area contributed by atoms with Crippen LogP contribution in [0.5, 0.6) is 11.5 Å². The van der Waals surface area contributed by atoms with Crippen LogP contribution in [-0.4, -0.2) is 31.1 Å². The summed E-state index contributed by atoms with van der Waals surface area (Å²) in [6.45, 7) is 1.33. The molecule has 0 saturated heterocycles. The topological polar surface area (TPSA) is 62.6 Å². The predicted molar refractivity (Wildman–Crippen MR) is 98.7 cm³/mol. The molecule has 1 aliphatic heterocycles. The number of nitriles is 1. The fourth-order valence-corrected chi connectivity index (χ4v) is 2.97. The fraction of sp³-hybridized carbons (Fsp3) is 0.238. The molecule has 0 spiro atoms. The van der Waals surface area contributed by atoms with Crippen LogP contribution in [0.2, 0.25) is 0 Å².